The first-order chi connectivity index (χ1) is 14.9. The number of ketones is 2. The smallest absolute Gasteiger partial charge is 0.225 e. The van der Waals surface area contributed by atoms with E-state index in [2.05, 4.69) is 20.8 Å². The number of carbonyl (C=O) groups excluding carboxylic acids is 2. The van der Waals surface area contributed by atoms with Gasteiger partial charge in [0.15, 0.2) is 0 Å². The van der Waals surface area contributed by atoms with Gasteiger partial charge in [0.2, 0.25) is 11.6 Å². The number of hydrogen-bond donors (Lipinski definition) is 0. The molecular weight excluding hydrogens is 398 g/mol. The summed E-state index contributed by atoms with van der Waals surface area (Å²) in [5, 5.41) is 1.86. The molecule has 1 fully saturated rings. The van der Waals surface area contributed by atoms with Gasteiger partial charge in [0, 0.05) is 5.57 Å². The largest absolute Gasteiger partial charge is 0.290 e. The molecule has 3 atom stereocenters. The van der Waals surface area contributed by atoms with Crippen LogP contribution in [0.1, 0.15) is 58.7 Å². The molecule has 0 aromatic heterocycles. The van der Waals surface area contributed by atoms with Crippen molar-refractivity contribution in [1.29, 1.82) is 0 Å². The van der Waals surface area contributed by atoms with E-state index >= 15 is 0 Å². The number of hydrogen-bond acceptors (Lipinski definition) is 4. The van der Waals surface area contributed by atoms with Crippen LogP contribution in [0.15, 0.2) is 66.2 Å². The fourth-order valence-electron chi connectivity index (χ4n) is 4.91. The van der Waals surface area contributed by atoms with Crippen molar-refractivity contribution in [3.63, 3.8) is 0 Å². The van der Waals surface area contributed by atoms with Crippen molar-refractivity contribution in [3.8, 4) is 0 Å². The number of aryl methyl sites for hydroxylation is 1. The van der Waals surface area contributed by atoms with Gasteiger partial charge < -0.3 is 0 Å². The standard InChI is InChI=1S/C28H33NO3/c1-18-13-15-20(16-14-18)29-23(19-11-9-8-10-12-19)22-25(31)24(30)21(26(2,3)4)17-28(22,32-29)27(5,6)7/h8-17,22-23H,1-7H3. The molecule has 0 amide bonds. The minimum Gasteiger partial charge on any atom is -0.290 e. The zero-order valence-corrected chi connectivity index (χ0v) is 20.1. The second-order valence-electron chi connectivity index (χ2n) is 11.1. The lowest BCUT2D eigenvalue weighted by Gasteiger charge is -2.45. The normalized spacial score (nSPS) is 26.2. The lowest BCUT2D eigenvalue weighted by molar-refractivity contribution is -0.147. The summed E-state index contributed by atoms with van der Waals surface area (Å²) in [7, 11) is 0. The van der Waals surface area contributed by atoms with Crippen molar-refractivity contribution in [3.05, 3.63) is 77.4 Å². The summed E-state index contributed by atoms with van der Waals surface area (Å²) >= 11 is 0. The number of Topliss-reactive ketones (excluding diaryl/α,β-unsaturated/α-hetero) is 2. The third-order valence-electron chi connectivity index (χ3n) is 6.80. The molecule has 4 rings (SSSR count). The van der Waals surface area contributed by atoms with E-state index in [0.717, 1.165) is 16.8 Å². The molecule has 1 aliphatic heterocycles. The summed E-state index contributed by atoms with van der Waals surface area (Å²) in [6.45, 7) is 14.2. The third-order valence-corrected chi connectivity index (χ3v) is 6.80. The van der Waals surface area contributed by atoms with Gasteiger partial charge in [-0.15, -0.1) is 0 Å². The molecule has 0 saturated carbocycles. The molecule has 1 heterocycles. The molecule has 1 saturated heterocycles. The highest BCUT2D eigenvalue weighted by Gasteiger charge is 2.66. The molecule has 4 nitrogen and oxygen atoms in total. The molecule has 4 heteroatoms. The topological polar surface area (TPSA) is 46.6 Å². The number of nitrogens with zero attached hydrogens (tertiary/aromatic N) is 1. The van der Waals surface area contributed by atoms with Gasteiger partial charge in [-0.25, -0.2) is 5.06 Å². The maximum absolute atomic E-state index is 13.8. The summed E-state index contributed by atoms with van der Waals surface area (Å²) in [5.41, 5.74) is 1.66. The van der Waals surface area contributed by atoms with Crippen molar-refractivity contribution in [2.75, 3.05) is 5.06 Å². The molecule has 2 aromatic rings. The van der Waals surface area contributed by atoms with Crippen molar-refractivity contribution in [1.82, 2.24) is 0 Å². The molecule has 0 N–H and O–H groups in total. The molecule has 2 aliphatic rings. The summed E-state index contributed by atoms with van der Waals surface area (Å²) in [6.07, 6.45) is 1.96. The van der Waals surface area contributed by atoms with Gasteiger partial charge in [-0.1, -0.05) is 89.6 Å². The Morgan fingerprint density at radius 3 is 2.00 bits per heavy atom. The van der Waals surface area contributed by atoms with Crippen LogP contribution in [0.3, 0.4) is 0 Å². The molecule has 32 heavy (non-hydrogen) atoms. The number of benzene rings is 2. The van der Waals surface area contributed by atoms with Gasteiger partial charge in [0.25, 0.3) is 0 Å². The summed E-state index contributed by atoms with van der Waals surface area (Å²) in [4.78, 5) is 34.0. The zero-order chi connectivity index (χ0) is 23.5. The number of hydroxylamine groups is 1. The Morgan fingerprint density at radius 2 is 1.47 bits per heavy atom. The zero-order valence-electron chi connectivity index (χ0n) is 20.1. The Balaban J connectivity index is 2.00. The van der Waals surface area contributed by atoms with Crippen LogP contribution in [0.25, 0.3) is 0 Å². The fourth-order valence-corrected chi connectivity index (χ4v) is 4.91. The monoisotopic (exact) mass is 431 g/mol. The number of carbonyl (C=O) groups is 2. The Kier molecular flexibility index (Phi) is 5.21. The Bertz CT molecular complexity index is 1070. The first-order valence-electron chi connectivity index (χ1n) is 11.3. The van der Waals surface area contributed by atoms with Crippen LogP contribution >= 0.6 is 0 Å². The van der Waals surface area contributed by atoms with Crippen LogP contribution < -0.4 is 5.06 Å². The third kappa shape index (κ3) is 3.41. The molecule has 0 bridgehead atoms. The molecule has 3 unspecified atom stereocenters. The predicted octanol–water partition coefficient (Wildman–Crippen LogP) is 6.01. The van der Waals surface area contributed by atoms with Crippen LogP contribution in [0.4, 0.5) is 5.69 Å². The van der Waals surface area contributed by atoms with Gasteiger partial charge in [0.1, 0.15) is 5.60 Å². The van der Waals surface area contributed by atoms with E-state index in [0.29, 0.717) is 5.57 Å². The van der Waals surface area contributed by atoms with Gasteiger partial charge in [-0.2, -0.15) is 0 Å². The second kappa shape index (κ2) is 7.41. The van der Waals surface area contributed by atoms with E-state index in [4.69, 9.17) is 4.84 Å². The van der Waals surface area contributed by atoms with Crippen LogP contribution in [-0.2, 0) is 14.4 Å². The average molecular weight is 432 g/mol. The fraction of sp³-hybridized carbons (Fsp3) is 0.429. The predicted molar refractivity (Wildman–Crippen MR) is 127 cm³/mol. The molecular formula is C28H33NO3. The molecule has 2 aromatic carbocycles. The SMILES string of the molecule is Cc1ccc(N2OC3(C(C)(C)C)C=C(C(C)(C)C)C(=O)C(=O)C3C2c2ccccc2)cc1. The van der Waals surface area contributed by atoms with Crippen LogP contribution in [0.5, 0.6) is 0 Å². The van der Waals surface area contributed by atoms with Crippen molar-refractivity contribution in [2.45, 2.75) is 60.1 Å². The van der Waals surface area contributed by atoms with Crippen LogP contribution in [0.2, 0.25) is 0 Å². The van der Waals surface area contributed by atoms with Gasteiger partial charge in [-0.05, 0) is 41.5 Å². The van der Waals surface area contributed by atoms with Crippen LogP contribution in [-0.4, -0.2) is 17.2 Å². The van der Waals surface area contributed by atoms with Gasteiger partial charge >= 0.3 is 0 Å². The second-order valence-corrected chi connectivity index (χ2v) is 11.1. The molecule has 0 spiro atoms. The lowest BCUT2D eigenvalue weighted by atomic mass is 9.59. The average Bonchev–Trinajstić information content (AvgIpc) is 3.08. The maximum Gasteiger partial charge on any atom is 0.225 e. The van der Waals surface area contributed by atoms with E-state index in [1.165, 1.54) is 0 Å². The Morgan fingerprint density at radius 1 is 0.875 bits per heavy atom. The van der Waals surface area contributed by atoms with Crippen molar-refractivity contribution >= 4 is 17.3 Å². The van der Waals surface area contributed by atoms with Gasteiger partial charge in [0.05, 0.1) is 17.6 Å². The quantitative estimate of drug-likeness (QED) is 0.546. The summed E-state index contributed by atoms with van der Waals surface area (Å²) < 4.78 is 0. The molecule has 168 valence electrons. The number of allylic oxidation sites excluding steroid dienone is 1. The number of fused-ring (bicyclic) bond motifs is 1. The first-order valence-corrected chi connectivity index (χ1v) is 11.3. The van der Waals surface area contributed by atoms with E-state index < -0.39 is 34.2 Å². The van der Waals surface area contributed by atoms with E-state index in [1.807, 2.05) is 93.4 Å². The summed E-state index contributed by atoms with van der Waals surface area (Å²) in [6, 6.07) is 17.6. The highest BCUT2D eigenvalue weighted by atomic mass is 16.7. The first kappa shape index (κ1) is 22.5. The number of anilines is 1. The van der Waals surface area contributed by atoms with Crippen molar-refractivity contribution < 1.29 is 14.4 Å². The lowest BCUT2D eigenvalue weighted by Crippen LogP contribution is -2.55. The van der Waals surface area contributed by atoms with E-state index in [1.54, 1.807) is 0 Å². The van der Waals surface area contributed by atoms with E-state index in [-0.39, 0.29) is 5.78 Å². The minimum atomic E-state index is -0.952. The van der Waals surface area contributed by atoms with Crippen LogP contribution in [0, 0.1) is 23.7 Å². The van der Waals surface area contributed by atoms with Gasteiger partial charge in [-0.3, -0.25) is 14.4 Å². The Labute approximate surface area is 191 Å². The highest BCUT2D eigenvalue weighted by Crippen LogP contribution is 2.58. The molecule has 0 radical (unpaired) electrons. The van der Waals surface area contributed by atoms with E-state index in [9.17, 15) is 9.59 Å². The highest BCUT2D eigenvalue weighted by molar-refractivity contribution is 6.45. The maximum atomic E-state index is 13.8. The minimum absolute atomic E-state index is 0.365. The molecule has 1 aliphatic carbocycles. The van der Waals surface area contributed by atoms with Crippen molar-refractivity contribution in [2.24, 2.45) is 16.7 Å². The summed E-state index contributed by atoms with van der Waals surface area (Å²) in [5.74, 6) is -1.40. The number of rotatable bonds is 2. The Hall–Kier alpha value is -2.72.